The van der Waals surface area contributed by atoms with E-state index in [0.29, 0.717) is 0 Å². The molecule has 0 amide bonds. The smallest absolute Gasteiger partial charge is 0.000496 e. The number of unbranched alkanes of at least 4 members (excludes halogenated alkanes) is 57. The molecule has 0 radical (unpaired) electrons. The normalized spacial score (nSPS) is 11.4. The van der Waals surface area contributed by atoms with Gasteiger partial charge in [-0.25, -0.2) is 0 Å². The Kier molecular flexibility index (Phi) is 62.6. The Labute approximate surface area is 414 Å². The van der Waals surface area contributed by atoms with E-state index < -0.39 is 0 Å². The predicted octanol–water partition coefficient (Wildman–Crippen LogP) is 24.7. The summed E-state index contributed by atoms with van der Waals surface area (Å²) in [5.41, 5.74) is 0. The summed E-state index contributed by atoms with van der Waals surface area (Å²) in [6.07, 6.45) is 90.1. The van der Waals surface area contributed by atoms with Crippen LogP contribution in [0.4, 0.5) is 0 Å². The topological polar surface area (TPSA) is 15.8 Å². The van der Waals surface area contributed by atoms with Crippen molar-refractivity contribution in [2.24, 2.45) is 0 Å². The van der Waals surface area contributed by atoms with Gasteiger partial charge in [-0.2, -0.15) is 0 Å². The number of aromatic amines is 1. The molecule has 0 aliphatic rings. The molecule has 1 rings (SSSR count). The SMILES string of the molecule is CCCCCCCCCCCCCCCCCCCCCCCCCCCCCCCCCCCCCCCCCCCCCCCCCCCCCCCCCCCC.c1cc[nH]c1. The van der Waals surface area contributed by atoms with E-state index in [-0.39, 0.29) is 0 Å². The molecule has 0 aliphatic carbocycles. The molecular formula is C64H127N. The van der Waals surface area contributed by atoms with Gasteiger partial charge in [0.25, 0.3) is 0 Å². The molecule has 0 bridgehead atoms. The number of H-pyrrole nitrogens is 1. The van der Waals surface area contributed by atoms with Gasteiger partial charge in [-0.1, -0.05) is 386 Å². The van der Waals surface area contributed by atoms with E-state index in [2.05, 4.69) is 18.8 Å². The number of nitrogens with one attached hydrogen (secondary N) is 1. The summed E-state index contributed by atoms with van der Waals surface area (Å²) in [6.45, 7) is 4.63. The van der Waals surface area contributed by atoms with Gasteiger partial charge in [0.2, 0.25) is 0 Å². The van der Waals surface area contributed by atoms with Gasteiger partial charge >= 0.3 is 0 Å². The van der Waals surface area contributed by atoms with Crippen LogP contribution in [0.2, 0.25) is 0 Å². The Morgan fingerprint density at radius 3 is 0.308 bits per heavy atom. The van der Waals surface area contributed by atoms with Crippen LogP contribution in [0.3, 0.4) is 0 Å². The number of hydrogen-bond acceptors (Lipinski definition) is 0. The van der Waals surface area contributed by atoms with E-state index in [1.54, 1.807) is 0 Å². The van der Waals surface area contributed by atoms with Crippen LogP contribution in [-0.2, 0) is 0 Å². The van der Waals surface area contributed by atoms with Crippen LogP contribution < -0.4 is 0 Å². The van der Waals surface area contributed by atoms with E-state index in [9.17, 15) is 0 Å². The summed E-state index contributed by atoms with van der Waals surface area (Å²) >= 11 is 0. The van der Waals surface area contributed by atoms with Gasteiger partial charge < -0.3 is 4.98 Å². The van der Waals surface area contributed by atoms with Crippen molar-refractivity contribution in [3.63, 3.8) is 0 Å². The molecule has 0 atom stereocenters. The largest absolute Gasteiger partial charge is 0.368 e. The minimum absolute atomic E-state index is 1.37. The third-order valence-corrected chi connectivity index (χ3v) is 15.0. The van der Waals surface area contributed by atoms with Crippen LogP contribution in [0.25, 0.3) is 0 Å². The highest BCUT2D eigenvalue weighted by Crippen LogP contribution is 2.19. The fourth-order valence-electron chi connectivity index (χ4n) is 10.3. The maximum Gasteiger partial charge on any atom is 0.000496 e. The minimum Gasteiger partial charge on any atom is -0.368 e. The van der Waals surface area contributed by atoms with Gasteiger partial charge in [-0.05, 0) is 12.1 Å². The molecule has 1 heterocycles. The third kappa shape index (κ3) is 63.3. The highest BCUT2D eigenvalue weighted by atomic mass is 14.6. The number of rotatable bonds is 57. The van der Waals surface area contributed by atoms with Gasteiger partial charge in [0.1, 0.15) is 0 Å². The Bertz CT molecular complexity index is 784. The lowest BCUT2D eigenvalue weighted by molar-refractivity contribution is 0.507. The lowest BCUT2D eigenvalue weighted by Crippen LogP contribution is -1.85. The van der Waals surface area contributed by atoms with Crippen molar-refractivity contribution in [1.29, 1.82) is 0 Å². The average Bonchev–Trinajstić information content (AvgIpc) is 3.92. The van der Waals surface area contributed by atoms with Gasteiger partial charge in [-0.15, -0.1) is 0 Å². The molecule has 65 heavy (non-hydrogen) atoms. The summed E-state index contributed by atoms with van der Waals surface area (Å²) in [5.74, 6) is 0. The first-order valence-electron chi connectivity index (χ1n) is 31.5. The molecule has 0 aromatic carbocycles. The zero-order valence-electron chi connectivity index (χ0n) is 45.8. The fraction of sp³-hybridized carbons (Fsp3) is 0.938. The van der Waals surface area contributed by atoms with Crippen LogP contribution in [0.15, 0.2) is 24.5 Å². The van der Waals surface area contributed by atoms with E-state index in [1.807, 2.05) is 24.5 Å². The fourth-order valence-corrected chi connectivity index (χ4v) is 10.3. The lowest BCUT2D eigenvalue weighted by atomic mass is 10.0. The van der Waals surface area contributed by atoms with Gasteiger partial charge in [-0.3, -0.25) is 0 Å². The quantitative estimate of drug-likeness (QED) is 0.0627. The first-order chi connectivity index (χ1) is 32.4. The highest BCUT2D eigenvalue weighted by molar-refractivity contribution is 4.84. The molecule has 0 saturated carbocycles. The average molecular weight is 911 g/mol. The van der Waals surface area contributed by atoms with Crippen molar-refractivity contribution in [2.75, 3.05) is 0 Å². The van der Waals surface area contributed by atoms with Crippen LogP contribution >= 0.6 is 0 Å². The summed E-state index contributed by atoms with van der Waals surface area (Å²) in [6, 6.07) is 3.89. The van der Waals surface area contributed by atoms with Crippen LogP contribution in [0, 0.1) is 0 Å². The van der Waals surface area contributed by atoms with Crippen LogP contribution in [-0.4, -0.2) is 4.98 Å². The zero-order valence-corrected chi connectivity index (χ0v) is 45.8. The second-order valence-electron chi connectivity index (χ2n) is 21.7. The summed E-state index contributed by atoms with van der Waals surface area (Å²) in [5, 5.41) is 0. The predicted molar refractivity (Wildman–Crippen MR) is 300 cm³/mol. The van der Waals surface area contributed by atoms with Gasteiger partial charge in [0.05, 0.1) is 0 Å². The third-order valence-electron chi connectivity index (χ3n) is 15.0. The van der Waals surface area contributed by atoms with Crippen molar-refractivity contribution in [3.05, 3.63) is 24.5 Å². The second kappa shape index (κ2) is 63.3. The number of aromatic nitrogens is 1. The Hall–Kier alpha value is -0.720. The number of hydrogen-bond donors (Lipinski definition) is 1. The molecule has 1 N–H and O–H groups in total. The Morgan fingerprint density at radius 1 is 0.154 bits per heavy atom. The lowest BCUT2D eigenvalue weighted by Gasteiger charge is -2.05. The Morgan fingerprint density at radius 2 is 0.246 bits per heavy atom. The van der Waals surface area contributed by atoms with Gasteiger partial charge in [0.15, 0.2) is 0 Å². The molecule has 1 heteroatoms. The summed E-state index contributed by atoms with van der Waals surface area (Å²) < 4.78 is 0. The maximum atomic E-state index is 2.86. The molecule has 1 nitrogen and oxygen atoms in total. The van der Waals surface area contributed by atoms with Crippen molar-refractivity contribution in [3.8, 4) is 0 Å². The first kappa shape index (κ1) is 64.3. The molecular weight excluding hydrogens is 783 g/mol. The van der Waals surface area contributed by atoms with E-state index in [0.717, 1.165) is 0 Å². The second-order valence-corrected chi connectivity index (χ2v) is 21.7. The van der Waals surface area contributed by atoms with Crippen molar-refractivity contribution in [2.45, 2.75) is 386 Å². The Balaban J connectivity index is 0.00000761. The monoisotopic (exact) mass is 910 g/mol. The van der Waals surface area contributed by atoms with Crippen molar-refractivity contribution in [1.82, 2.24) is 4.98 Å². The van der Waals surface area contributed by atoms with Crippen LogP contribution in [0.1, 0.15) is 386 Å². The highest BCUT2D eigenvalue weighted by Gasteiger charge is 2.00. The summed E-state index contributed by atoms with van der Waals surface area (Å²) in [7, 11) is 0. The molecule has 1 aromatic rings. The van der Waals surface area contributed by atoms with E-state index in [1.165, 1.54) is 372 Å². The van der Waals surface area contributed by atoms with Gasteiger partial charge in [0, 0.05) is 12.4 Å². The minimum atomic E-state index is 1.37. The molecule has 1 aromatic heterocycles. The molecule has 0 spiro atoms. The molecule has 388 valence electrons. The molecule has 0 unspecified atom stereocenters. The van der Waals surface area contributed by atoms with Crippen LogP contribution in [0.5, 0.6) is 0 Å². The van der Waals surface area contributed by atoms with Crippen molar-refractivity contribution < 1.29 is 0 Å². The molecule has 0 saturated heterocycles. The van der Waals surface area contributed by atoms with E-state index in [4.69, 9.17) is 0 Å². The van der Waals surface area contributed by atoms with Crippen molar-refractivity contribution >= 4 is 0 Å². The van der Waals surface area contributed by atoms with E-state index >= 15 is 0 Å². The molecule has 0 fully saturated rings. The first-order valence-corrected chi connectivity index (χ1v) is 31.5. The maximum absolute atomic E-state index is 2.86. The standard InChI is InChI=1S/C60H122.C4H5N/c1-3-5-7-9-11-13-15-17-19-21-23-25-27-29-31-33-35-37-39-41-43-45-47-49-51-53-55-57-59-60-58-56-54-52-50-48-46-44-42-40-38-36-34-32-30-28-26-24-22-20-18-16-14-12-10-8-6-4-2;1-2-4-5-3-1/h3-60H2,1-2H3;1-5H. The summed E-state index contributed by atoms with van der Waals surface area (Å²) in [4.78, 5) is 2.86. The molecule has 0 aliphatic heterocycles. The zero-order chi connectivity index (χ0) is 46.5.